The van der Waals surface area contributed by atoms with Gasteiger partial charge in [0.05, 0.1) is 22.1 Å². The number of hydrogen-bond acceptors (Lipinski definition) is 7. The maximum atomic E-state index is 11.0. The molecule has 1 aromatic carbocycles. The summed E-state index contributed by atoms with van der Waals surface area (Å²) >= 11 is 11.6. The molecule has 2 N–H and O–H groups in total. The molecular formula is C11H8Cl2N4O4. The highest BCUT2D eigenvalue weighted by atomic mass is 35.5. The minimum absolute atomic E-state index is 0.0323. The minimum Gasteiger partial charge on any atom is -0.489 e. The summed E-state index contributed by atoms with van der Waals surface area (Å²) in [6, 6.07) is 2.29. The molecule has 0 aliphatic heterocycles. The Hall–Kier alpha value is -2.32. The number of aromatic nitrogens is 2. The van der Waals surface area contributed by atoms with Crippen molar-refractivity contribution in [2.75, 3.05) is 12.8 Å². The first-order valence-electron chi connectivity index (χ1n) is 5.39. The van der Waals surface area contributed by atoms with E-state index < -0.39 is 4.92 Å². The first-order chi connectivity index (χ1) is 9.93. The molecule has 1 aromatic heterocycles. The van der Waals surface area contributed by atoms with Gasteiger partial charge in [0.25, 0.3) is 5.88 Å². The molecule has 0 atom stereocenters. The van der Waals surface area contributed by atoms with Crippen LogP contribution in [0.15, 0.2) is 18.5 Å². The third-order valence-electron chi connectivity index (χ3n) is 2.41. The molecular weight excluding hydrogens is 323 g/mol. The van der Waals surface area contributed by atoms with E-state index in [1.165, 1.54) is 13.2 Å². The van der Waals surface area contributed by atoms with Crippen LogP contribution in [0.5, 0.6) is 17.4 Å². The number of nitro groups is 1. The van der Waals surface area contributed by atoms with Gasteiger partial charge in [-0.05, 0) is 0 Å². The minimum atomic E-state index is -0.658. The highest BCUT2D eigenvalue weighted by Crippen LogP contribution is 2.40. The summed E-state index contributed by atoms with van der Waals surface area (Å²) < 4.78 is 10.4. The standard InChI is InChI=1S/C11H8Cl2N4O4/c1-20-9-10(14)15-4-16-11(9)21-8-3-6(13)5(12)2-7(8)17(18)19/h2-4H,1H3,(H2,14,15,16). The van der Waals surface area contributed by atoms with Crippen molar-refractivity contribution in [2.24, 2.45) is 0 Å². The van der Waals surface area contributed by atoms with E-state index in [9.17, 15) is 10.1 Å². The number of methoxy groups -OCH3 is 1. The number of rotatable bonds is 4. The van der Waals surface area contributed by atoms with E-state index >= 15 is 0 Å². The van der Waals surface area contributed by atoms with Crippen molar-refractivity contribution in [1.29, 1.82) is 0 Å². The lowest BCUT2D eigenvalue weighted by molar-refractivity contribution is -0.385. The van der Waals surface area contributed by atoms with Gasteiger partial charge in [-0.1, -0.05) is 23.2 Å². The van der Waals surface area contributed by atoms with Gasteiger partial charge in [0, 0.05) is 12.1 Å². The van der Waals surface area contributed by atoms with Gasteiger partial charge in [0.2, 0.25) is 11.5 Å². The Balaban J connectivity index is 2.51. The van der Waals surface area contributed by atoms with Crippen LogP contribution in [-0.2, 0) is 0 Å². The van der Waals surface area contributed by atoms with Gasteiger partial charge in [-0.25, -0.2) is 4.98 Å². The third-order valence-corrected chi connectivity index (χ3v) is 3.13. The number of nitrogens with two attached hydrogens (primary N) is 1. The topological polar surface area (TPSA) is 113 Å². The second-order valence-electron chi connectivity index (χ2n) is 3.69. The summed E-state index contributed by atoms with van der Waals surface area (Å²) in [5.74, 6) is -0.139. The highest BCUT2D eigenvalue weighted by molar-refractivity contribution is 6.42. The number of anilines is 1. The van der Waals surface area contributed by atoms with Crippen molar-refractivity contribution < 1.29 is 14.4 Å². The molecule has 0 saturated carbocycles. The molecule has 0 saturated heterocycles. The van der Waals surface area contributed by atoms with Gasteiger partial charge in [0.1, 0.15) is 6.33 Å². The molecule has 0 spiro atoms. The van der Waals surface area contributed by atoms with Crippen LogP contribution in [0, 0.1) is 10.1 Å². The number of nitrogens with zero attached hydrogens (tertiary/aromatic N) is 3. The molecule has 0 bridgehead atoms. The van der Waals surface area contributed by atoms with Gasteiger partial charge in [-0.15, -0.1) is 0 Å². The van der Waals surface area contributed by atoms with E-state index in [1.54, 1.807) is 0 Å². The molecule has 1 heterocycles. The first kappa shape index (κ1) is 15.1. The summed E-state index contributed by atoms with van der Waals surface area (Å²) in [6.45, 7) is 0. The van der Waals surface area contributed by atoms with Crippen LogP contribution in [0.3, 0.4) is 0 Å². The van der Waals surface area contributed by atoms with E-state index in [2.05, 4.69) is 9.97 Å². The maximum Gasteiger partial charge on any atom is 0.313 e. The van der Waals surface area contributed by atoms with Gasteiger partial charge in [-0.2, -0.15) is 4.98 Å². The van der Waals surface area contributed by atoms with Crippen LogP contribution >= 0.6 is 23.2 Å². The first-order valence-corrected chi connectivity index (χ1v) is 6.15. The van der Waals surface area contributed by atoms with Crippen LogP contribution in [-0.4, -0.2) is 22.0 Å². The summed E-state index contributed by atoms with van der Waals surface area (Å²) in [6.07, 6.45) is 1.14. The molecule has 0 aliphatic carbocycles. The van der Waals surface area contributed by atoms with Gasteiger partial charge in [-0.3, -0.25) is 10.1 Å². The second kappa shape index (κ2) is 5.98. The predicted octanol–water partition coefficient (Wildman–Crippen LogP) is 3.07. The number of nitro benzene ring substituents is 1. The number of benzene rings is 1. The van der Waals surface area contributed by atoms with Crippen LogP contribution in [0.2, 0.25) is 10.0 Å². The number of ether oxygens (including phenoxy) is 2. The van der Waals surface area contributed by atoms with Crippen molar-refractivity contribution in [2.45, 2.75) is 0 Å². The molecule has 2 rings (SSSR count). The summed E-state index contributed by atoms with van der Waals surface area (Å²) in [7, 11) is 1.34. The Morgan fingerprint density at radius 2 is 1.95 bits per heavy atom. The average molecular weight is 331 g/mol. The van der Waals surface area contributed by atoms with Crippen LogP contribution in [0.1, 0.15) is 0 Å². The number of nitrogen functional groups attached to an aromatic ring is 1. The molecule has 21 heavy (non-hydrogen) atoms. The van der Waals surface area contributed by atoms with Gasteiger partial charge >= 0.3 is 5.69 Å². The molecule has 0 radical (unpaired) electrons. The number of halogens is 2. The Morgan fingerprint density at radius 3 is 2.57 bits per heavy atom. The quantitative estimate of drug-likeness (QED) is 0.676. The van der Waals surface area contributed by atoms with E-state index in [1.807, 2.05) is 0 Å². The number of hydrogen-bond donors (Lipinski definition) is 1. The van der Waals surface area contributed by atoms with Crippen molar-refractivity contribution in [3.8, 4) is 17.4 Å². The van der Waals surface area contributed by atoms with Crippen molar-refractivity contribution in [1.82, 2.24) is 9.97 Å². The van der Waals surface area contributed by atoms with Crippen LogP contribution in [0.4, 0.5) is 11.5 Å². The Morgan fingerprint density at radius 1 is 1.29 bits per heavy atom. The molecule has 8 nitrogen and oxygen atoms in total. The smallest absolute Gasteiger partial charge is 0.313 e. The molecule has 110 valence electrons. The predicted molar refractivity (Wildman–Crippen MR) is 76.2 cm³/mol. The Bertz CT molecular complexity index is 711. The fourth-order valence-corrected chi connectivity index (χ4v) is 1.79. The SMILES string of the molecule is COc1c(N)ncnc1Oc1cc(Cl)c(Cl)cc1[N+](=O)[O-]. The Kier molecular flexibility index (Phi) is 4.29. The molecule has 0 amide bonds. The van der Waals surface area contributed by atoms with E-state index in [-0.39, 0.29) is 38.9 Å². The zero-order valence-corrected chi connectivity index (χ0v) is 12.1. The lowest BCUT2D eigenvalue weighted by Gasteiger charge is -2.10. The van der Waals surface area contributed by atoms with E-state index in [0.29, 0.717) is 0 Å². The monoisotopic (exact) mass is 330 g/mol. The third kappa shape index (κ3) is 3.06. The van der Waals surface area contributed by atoms with Crippen molar-refractivity contribution in [3.63, 3.8) is 0 Å². The van der Waals surface area contributed by atoms with E-state index in [4.69, 9.17) is 38.4 Å². The van der Waals surface area contributed by atoms with Gasteiger partial charge in [0.15, 0.2) is 5.82 Å². The average Bonchev–Trinajstić information content (AvgIpc) is 2.42. The lowest BCUT2D eigenvalue weighted by Crippen LogP contribution is -2.01. The normalized spacial score (nSPS) is 10.2. The Labute approximate surface area is 128 Å². The molecule has 10 heteroatoms. The molecule has 0 aliphatic rings. The van der Waals surface area contributed by atoms with Crippen molar-refractivity contribution >= 4 is 34.7 Å². The summed E-state index contributed by atoms with van der Waals surface area (Å²) in [5, 5.41) is 11.2. The maximum absolute atomic E-state index is 11.0. The zero-order valence-electron chi connectivity index (χ0n) is 10.5. The van der Waals surface area contributed by atoms with Gasteiger partial charge < -0.3 is 15.2 Å². The molecule has 2 aromatic rings. The van der Waals surface area contributed by atoms with Crippen LogP contribution in [0.25, 0.3) is 0 Å². The van der Waals surface area contributed by atoms with Crippen LogP contribution < -0.4 is 15.2 Å². The summed E-state index contributed by atoms with van der Waals surface area (Å²) in [5.41, 5.74) is 5.23. The fourth-order valence-electron chi connectivity index (χ4n) is 1.48. The second-order valence-corrected chi connectivity index (χ2v) is 4.50. The summed E-state index contributed by atoms with van der Waals surface area (Å²) in [4.78, 5) is 17.9. The largest absolute Gasteiger partial charge is 0.489 e. The van der Waals surface area contributed by atoms with Crippen molar-refractivity contribution in [3.05, 3.63) is 38.6 Å². The van der Waals surface area contributed by atoms with E-state index in [0.717, 1.165) is 12.4 Å². The highest BCUT2D eigenvalue weighted by Gasteiger charge is 2.22. The fraction of sp³-hybridized carbons (Fsp3) is 0.0909. The molecule has 0 fully saturated rings. The molecule has 0 unspecified atom stereocenters. The zero-order chi connectivity index (χ0) is 15.6. The lowest BCUT2D eigenvalue weighted by atomic mass is 10.3.